The summed E-state index contributed by atoms with van der Waals surface area (Å²) in [7, 11) is 1.40. The molecule has 2 saturated heterocycles. The smallest absolute Gasteiger partial charge is 0.282 e. The van der Waals surface area contributed by atoms with E-state index in [1.165, 1.54) is 15.7 Å². The first kappa shape index (κ1) is 29.6. The molecular weight excluding hydrogens is 644 g/mol. The highest BCUT2D eigenvalue weighted by atomic mass is 32.2. The number of nitrogens with one attached hydrogen (secondary N) is 1. The number of alkyl halides is 2. The standard InChI is InChI=1S/C18H22F2N12O6P2S2/c19-6-4(5(2-34-39)36-15(6)31-12-8(27-29-31)11(21)23-3-24-12)1-35-40-37-17-7(20)10(38-41)16(42-17)32-13-9(28-30-32)14(33)26-18(22)25-13/h3-7,10,15-17,40-41H,1-2,39H2,(H2,21,23,24)(H3,22,25,26,33)/t4-,5-,6+,7+,10-,15-,16-,17?/m1/s1. The molecule has 6 heterocycles. The lowest BCUT2D eigenvalue weighted by atomic mass is 10.0. The van der Waals surface area contributed by atoms with E-state index in [0.717, 1.165) is 11.8 Å². The number of fused-ring (bicyclic) bond motifs is 2. The summed E-state index contributed by atoms with van der Waals surface area (Å²) in [6.45, 7) is -0.118. The van der Waals surface area contributed by atoms with E-state index in [9.17, 15) is 4.79 Å². The summed E-state index contributed by atoms with van der Waals surface area (Å²) >= 11 is 4.79. The Labute approximate surface area is 247 Å². The zero-order chi connectivity index (χ0) is 29.5. The molecule has 2 aliphatic heterocycles. The largest absolute Gasteiger partial charge is 0.382 e. The Kier molecular flexibility index (Phi) is 8.67. The van der Waals surface area contributed by atoms with Gasteiger partial charge < -0.3 is 34.0 Å². The number of halogens is 2. The van der Waals surface area contributed by atoms with Gasteiger partial charge in [0.25, 0.3) is 5.56 Å². The first-order valence-electron chi connectivity index (χ1n) is 12.0. The van der Waals surface area contributed by atoms with E-state index in [1.807, 2.05) is 0 Å². The molecule has 0 spiro atoms. The van der Waals surface area contributed by atoms with Crippen molar-refractivity contribution in [1.82, 2.24) is 49.9 Å². The van der Waals surface area contributed by atoms with Gasteiger partial charge in [-0.05, 0) is 12.9 Å². The van der Waals surface area contributed by atoms with Crippen LogP contribution >= 0.6 is 43.2 Å². The van der Waals surface area contributed by atoms with Crippen molar-refractivity contribution in [3.8, 4) is 0 Å². The van der Waals surface area contributed by atoms with Gasteiger partial charge in [0.2, 0.25) is 5.95 Å². The number of nitrogens with zero attached hydrogens (tertiary/aromatic N) is 9. The van der Waals surface area contributed by atoms with Crippen LogP contribution in [-0.4, -0.2) is 93.1 Å². The van der Waals surface area contributed by atoms with E-state index in [0.29, 0.717) is 0 Å². The average molecular weight is 667 g/mol. The van der Waals surface area contributed by atoms with Gasteiger partial charge in [-0.25, -0.2) is 23.4 Å². The molecule has 0 radical (unpaired) electrons. The van der Waals surface area contributed by atoms with Crippen molar-refractivity contribution in [1.29, 1.82) is 0 Å². The number of nitrogens with two attached hydrogens (primary N) is 2. The van der Waals surface area contributed by atoms with E-state index >= 15 is 8.78 Å². The molecule has 226 valence electrons. The molecule has 3 unspecified atom stereocenters. The number of nitrogen functional groups attached to an aromatic ring is 2. The van der Waals surface area contributed by atoms with Gasteiger partial charge in [-0.2, -0.15) is 9.67 Å². The topological polar surface area (TPSA) is 231 Å². The van der Waals surface area contributed by atoms with Gasteiger partial charge in [0, 0.05) is 15.4 Å². The number of thiol groups is 1. The summed E-state index contributed by atoms with van der Waals surface area (Å²) in [5.41, 5.74) is 10.1. The molecule has 2 fully saturated rings. The minimum absolute atomic E-state index is 0.0320. The monoisotopic (exact) mass is 666 g/mol. The molecule has 4 aromatic rings. The zero-order valence-electron chi connectivity index (χ0n) is 20.9. The predicted molar refractivity (Wildman–Crippen MR) is 150 cm³/mol. The van der Waals surface area contributed by atoms with Crippen LogP contribution in [0, 0.1) is 5.92 Å². The fourth-order valence-corrected chi connectivity index (χ4v) is 7.21. The maximum atomic E-state index is 15.7. The van der Waals surface area contributed by atoms with Crippen molar-refractivity contribution in [2.24, 2.45) is 5.92 Å². The first-order valence-corrected chi connectivity index (χ1v) is 14.6. The molecule has 4 aromatic heterocycles. The van der Waals surface area contributed by atoms with Gasteiger partial charge >= 0.3 is 0 Å². The Morgan fingerprint density at radius 3 is 2.71 bits per heavy atom. The number of hydrogen-bond acceptors (Lipinski definition) is 17. The average Bonchev–Trinajstić information content (AvgIpc) is 3.72. The molecule has 0 aromatic carbocycles. The van der Waals surface area contributed by atoms with Crippen LogP contribution in [0.25, 0.3) is 22.3 Å². The van der Waals surface area contributed by atoms with E-state index < -0.39 is 62.1 Å². The SMILES string of the molecule is Nc1nc2c(nnn2[C@@H]2SC(OPOC[C@H]3[C@H](F)[C@H](n4nnc5c(N)ncnc54)O[C@@H]3COP)[C@@H](F)[C@H]2OS)c(=O)[nH]1. The summed E-state index contributed by atoms with van der Waals surface area (Å²) in [6, 6.07) is 0. The van der Waals surface area contributed by atoms with E-state index in [4.69, 9.17) is 34.0 Å². The van der Waals surface area contributed by atoms with Crippen molar-refractivity contribution in [2.45, 2.75) is 41.6 Å². The fourth-order valence-electron chi connectivity index (χ4n) is 4.62. The highest BCUT2D eigenvalue weighted by Gasteiger charge is 2.50. The number of ether oxygens (including phenoxy) is 1. The summed E-state index contributed by atoms with van der Waals surface area (Å²) in [6.07, 6.45) is -5.14. The van der Waals surface area contributed by atoms with Crippen LogP contribution in [0.15, 0.2) is 11.1 Å². The predicted octanol–water partition coefficient (Wildman–Crippen LogP) is 0.254. The maximum absolute atomic E-state index is 15.7. The normalized spacial score (nSPS) is 30.0. The van der Waals surface area contributed by atoms with Crippen molar-refractivity contribution < 1.29 is 31.3 Å². The Balaban J connectivity index is 1.11. The zero-order valence-corrected chi connectivity index (χ0v) is 24.8. The number of hydrogen-bond donors (Lipinski definition) is 4. The van der Waals surface area contributed by atoms with Crippen LogP contribution in [-0.2, 0) is 22.5 Å². The number of aromatic amines is 1. The number of H-pyrrole nitrogens is 1. The molecule has 42 heavy (non-hydrogen) atoms. The highest BCUT2D eigenvalue weighted by Crippen LogP contribution is 2.48. The van der Waals surface area contributed by atoms with Crippen LogP contribution in [0.4, 0.5) is 20.5 Å². The fraction of sp³-hybridized carbons (Fsp3) is 0.556. The van der Waals surface area contributed by atoms with Crippen LogP contribution in [0.2, 0.25) is 0 Å². The lowest BCUT2D eigenvalue weighted by Gasteiger charge is -2.19. The third-order valence-electron chi connectivity index (χ3n) is 6.61. The van der Waals surface area contributed by atoms with Crippen LogP contribution in [0.3, 0.4) is 0 Å². The van der Waals surface area contributed by atoms with Gasteiger partial charge in [0.05, 0.1) is 19.3 Å². The molecule has 0 amide bonds. The molecule has 0 saturated carbocycles. The molecule has 5 N–H and O–H groups in total. The second kappa shape index (κ2) is 12.3. The number of anilines is 2. The molecule has 2 aliphatic rings. The van der Waals surface area contributed by atoms with Gasteiger partial charge in [-0.15, -0.1) is 10.2 Å². The van der Waals surface area contributed by atoms with Gasteiger partial charge in [-0.3, -0.25) is 9.78 Å². The second-order valence-electron chi connectivity index (χ2n) is 9.05. The lowest BCUT2D eigenvalue weighted by Crippen LogP contribution is -2.30. The molecule has 24 heteroatoms. The van der Waals surface area contributed by atoms with Gasteiger partial charge in [0.15, 0.2) is 55.8 Å². The molecule has 10 atom stereocenters. The number of rotatable bonds is 10. The second-order valence-corrected chi connectivity index (χ2v) is 11.5. The van der Waals surface area contributed by atoms with E-state index in [-0.39, 0.29) is 47.3 Å². The minimum Gasteiger partial charge on any atom is -0.382 e. The van der Waals surface area contributed by atoms with Gasteiger partial charge in [-0.1, -0.05) is 22.2 Å². The summed E-state index contributed by atoms with van der Waals surface area (Å²) in [5.74, 6) is -0.872. The highest BCUT2D eigenvalue weighted by molar-refractivity contribution is 8.00. The van der Waals surface area contributed by atoms with Crippen LogP contribution in [0.5, 0.6) is 0 Å². The third-order valence-corrected chi connectivity index (χ3v) is 9.22. The number of aromatic nitrogens is 10. The number of thioether (sulfide) groups is 1. The van der Waals surface area contributed by atoms with Crippen molar-refractivity contribution in [3.05, 3.63) is 16.7 Å². The van der Waals surface area contributed by atoms with Crippen LogP contribution < -0.4 is 17.0 Å². The summed E-state index contributed by atoms with van der Waals surface area (Å²) < 4.78 is 60.7. The summed E-state index contributed by atoms with van der Waals surface area (Å²) in [5, 5.41) is 14.8. The first-order chi connectivity index (χ1) is 20.3. The molecular formula is C18H22F2N12O6P2S2. The van der Waals surface area contributed by atoms with Crippen molar-refractivity contribution >= 4 is 77.3 Å². The van der Waals surface area contributed by atoms with E-state index in [1.54, 1.807) is 0 Å². The van der Waals surface area contributed by atoms with Crippen LogP contribution in [0.1, 0.15) is 11.6 Å². The van der Waals surface area contributed by atoms with Crippen molar-refractivity contribution in [2.75, 3.05) is 24.7 Å². The minimum atomic E-state index is -1.69. The Hall–Kier alpha value is -2.42. The molecule has 6 rings (SSSR count). The summed E-state index contributed by atoms with van der Waals surface area (Å²) in [4.78, 5) is 26.4. The Morgan fingerprint density at radius 1 is 1.14 bits per heavy atom. The van der Waals surface area contributed by atoms with E-state index in [2.05, 4.69) is 62.9 Å². The molecule has 18 nitrogen and oxygen atoms in total. The Bertz CT molecular complexity index is 1640. The van der Waals surface area contributed by atoms with Crippen molar-refractivity contribution in [3.63, 3.8) is 0 Å². The molecule has 0 bridgehead atoms. The van der Waals surface area contributed by atoms with Gasteiger partial charge in [0.1, 0.15) is 23.2 Å². The molecule has 0 aliphatic carbocycles. The quantitative estimate of drug-likeness (QED) is 0.0769. The maximum Gasteiger partial charge on any atom is 0.282 e. The lowest BCUT2D eigenvalue weighted by molar-refractivity contribution is -0.0400. The Morgan fingerprint density at radius 2 is 1.93 bits per heavy atom. The third kappa shape index (κ3) is 5.28.